The molecule has 1 N–H and O–H groups in total. The molecule has 350 valence electrons. The molecule has 0 aliphatic heterocycles. The molecule has 0 saturated carbocycles. The molecule has 0 saturated heterocycles. The van der Waals surface area contributed by atoms with Crippen LogP contribution in [0.5, 0.6) is 0 Å². The Balaban J connectivity index is 1.64. The molecule has 0 radical (unpaired) electrons. The van der Waals surface area contributed by atoms with Gasteiger partial charge in [-0.2, -0.15) is 0 Å². The number of nitrogens with zero attached hydrogens (tertiary/aromatic N) is 1. The number of benzene rings is 2. The lowest BCUT2D eigenvalue weighted by molar-refractivity contribution is -0.870. The molecule has 0 aliphatic rings. The molecule has 2 aromatic rings. The number of rotatable bonds is 34. The minimum Gasteiger partial charge on any atom is -0.461 e. The minimum atomic E-state index is -4.42. The quantitative estimate of drug-likeness (QED) is 0.0184. The van der Waals surface area contributed by atoms with Crippen molar-refractivity contribution in [3.63, 3.8) is 0 Å². The van der Waals surface area contributed by atoms with Crippen molar-refractivity contribution in [3.05, 3.63) is 81.1 Å². The van der Waals surface area contributed by atoms with Crippen LogP contribution >= 0.6 is 143 Å². The van der Waals surface area contributed by atoms with Gasteiger partial charge in [0.1, 0.15) is 19.8 Å². The molecular weight excluding hydrogens is 1490 g/mol. The van der Waals surface area contributed by atoms with Gasteiger partial charge in [0.05, 0.1) is 40.6 Å². The molecule has 0 amide bonds. The Morgan fingerprint density at radius 3 is 1.44 bits per heavy atom. The van der Waals surface area contributed by atoms with Crippen LogP contribution in [0.4, 0.5) is 0 Å². The molecule has 62 heavy (non-hydrogen) atoms. The van der Waals surface area contributed by atoms with Gasteiger partial charge < -0.3 is 18.9 Å². The highest BCUT2D eigenvalue weighted by molar-refractivity contribution is 14.1. The highest BCUT2D eigenvalue weighted by Gasteiger charge is 2.27. The van der Waals surface area contributed by atoms with Crippen LogP contribution < -0.4 is 0 Å². The maximum Gasteiger partial charge on any atom is 0.472 e. The van der Waals surface area contributed by atoms with Crippen molar-refractivity contribution < 1.29 is 42.1 Å². The lowest BCUT2D eigenvalue weighted by atomic mass is 10.0. The first kappa shape index (κ1) is 59.4. The van der Waals surface area contributed by atoms with Crippen LogP contribution in [0.15, 0.2) is 48.6 Å². The first-order valence-electron chi connectivity index (χ1n) is 21.8. The van der Waals surface area contributed by atoms with Gasteiger partial charge >= 0.3 is 19.8 Å². The van der Waals surface area contributed by atoms with Crippen molar-refractivity contribution in [3.8, 4) is 0 Å². The molecule has 2 atom stereocenters. The highest BCUT2D eigenvalue weighted by Crippen LogP contribution is 2.43. The Labute approximate surface area is 454 Å². The monoisotopic (exact) mass is 1550 g/mol. The molecule has 0 fully saturated rings. The van der Waals surface area contributed by atoms with Gasteiger partial charge in [0.25, 0.3) is 0 Å². The van der Waals surface area contributed by atoms with E-state index in [1.54, 1.807) is 12.2 Å². The topological polar surface area (TPSA) is 108 Å². The Morgan fingerprint density at radius 1 is 0.597 bits per heavy atom. The van der Waals surface area contributed by atoms with Crippen LogP contribution in [0.3, 0.4) is 0 Å². The summed E-state index contributed by atoms with van der Waals surface area (Å²) in [6, 6.07) is 9.02. The normalized spacial score (nSPS) is 13.5. The van der Waals surface area contributed by atoms with Crippen molar-refractivity contribution in [1.29, 1.82) is 0 Å². The number of esters is 2. The molecule has 16 heteroatoms. The van der Waals surface area contributed by atoms with Gasteiger partial charge in [-0.05, 0) is 222 Å². The summed E-state index contributed by atoms with van der Waals surface area (Å²) in [5.74, 6) is -1.01. The molecule has 0 aromatic heterocycles. The largest absolute Gasteiger partial charge is 0.472 e. The summed E-state index contributed by atoms with van der Waals surface area (Å²) in [7, 11) is 1.40. The number of allylic oxidation sites excluding steroid dienone is 2. The van der Waals surface area contributed by atoms with Crippen LogP contribution in [-0.2, 0) is 45.5 Å². The van der Waals surface area contributed by atoms with E-state index in [0.717, 1.165) is 51.4 Å². The fourth-order valence-corrected chi connectivity index (χ4v) is 15.3. The van der Waals surface area contributed by atoms with E-state index < -0.39 is 32.5 Å². The van der Waals surface area contributed by atoms with Crippen LogP contribution in [0, 0.1) is 21.4 Å². The van der Waals surface area contributed by atoms with Gasteiger partial charge in [-0.3, -0.25) is 18.6 Å². The number of hydrogen-bond donors (Lipinski definition) is 1. The maximum absolute atomic E-state index is 12.7. The zero-order chi connectivity index (χ0) is 45.8. The molecule has 9 nitrogen and oxygen atoms in total. The predicted octanol–water partition coefficient (Wildman–Crippen LogP) is 14.5. The predicted molar refractivity (Wildman–Crippen MR) is 303 cm³/mol. The summed E-state index contributed by atoms with van der Waals surface area (Å²) in [6.07, 6.45) is 27.5. The SMILES string of the molecule is C[N+](C)(C)CCOP(=O)(O)OC[C@@H](COC(=O)C/C=C\CCCCCCCCCc1c(I)cc(I)cc1I)OC(=O)C/C=C\CCCCCCCCCc1c(I)cc(I)cc1I. The van der Waals surface area contributed by atoms with Crippen LogP contribution in [-0.4, -0.2) is 74.9 Å². The van der Waals surface area contributed by atoms with E-state index in [0.29, 0.717) is 11.0 Å². The fraction of sp³-hybridized carbons (Fsp3) is 0.609. The number of likely N-dealkylation sites (N-methyl/N-ethyl adjacent to an activating group) is 1. The van der Waals surface area contributed by atoms with E-state index in [1.165, 1.54) is 96.8 Å². The number of phosphoric ester groups is 1. The van der Waals surface area contributed by atoms with E-state index in [1.807, 2.05) is 33.3 Å². The average Bonchev–Trinajstić information content (AvgIpc) is 3.17. The number of carbonyl (C=O) groups excluding carboxylic acids is 2. The molecule has 2 aromatic carbocycles. The molecule has 1 unspecified atom stereocenters. The van der Waals surface area contributed by atoms with Crippen LogP contribution in [0.2, 0.25) is 0 Å². The Kier molecular flexibility index (Phi) is 33.1. The van der Waals surface area contributed by atoms with Crippen molar-refractivity contribution in [2.45, 2.75) is 135 Å². The van der Waals surface area contributed by atoms with Gasteiger partial charge in [0, 0.05) is 21.4 Å². The van der Waals surface area contributed by atoms with Gasteiger partial charge in [-0.15, -0.1) is 0 Å². The summed E-state index contributed by atoms with van der Waals surface area (Å²) >= 11 is 14.6. The van der Waals surface area contributed by atoms with E-state index in [2.05, 4.69) is 160 Å². The zero-order valence-electron chi connectivity index (χ0n) is 36.6. The second-order valence-corrected chi connectivity index (χ2v) is 25.1. The standard InChI is InChI=1S/C46H66I6NO8P/c1-53(2,3)28-29-59-62(56,57)60-35-38(61-46(55)27-23-19-15-11-7-5-9-13-17-21-25-40-43(51)32-37(48)33-44(40)52)34-58-45(54)26-22-18-14-10-6-4-8-12-16-20-24-39-41(49)30-36(47)31-42(39)50/h18-19,22-23,30-33,38H,4-17,20-21,24-29,34-35H2,1-3H3/p+1/b22-18-,23-19-/t38-/m1/s1. The fourth-order valence-electron chi connectivity index (χ4n) is 6.35. The van der Waals surface area contributed by atoms with Crippen molar-refractivity contribution in [1.82, 2.24) is 0 Å². The van der Waals surface area contributed by atoms with Gasteiger partial charge in [-0.1, -0.05) is 88.5 Å². The summed E-state index contributed by atoms with van der Waals surface area (Å²) in [4.78, 5) is 35.5. The maximum atomic E-state index is 12.7. The Hall–Kier alpha value is 1.31. The van der Waals surface area contributed by atoms with Crippen LogP contribution in [0.1, 0.15) is 127 Å². The van der Waals surface area contributed by atoms with Gasteiger partial charge in [-0.25, -0.2) is 4.57 Å². The lowest BCUT2D eigenvalue weighted by Crippen LogP contribution is -2.37. The third-order valence-corrected chi connectivity index (χ3v) is 16.0. The smallest absolute Gasteiger partial charge is 0.461 e. The second kappa shape index (κ2) is 34.6. The van der Waals surface area contributed by atoms with Gasteiger partial charge in [0.15, 0.2) is 6.10 Å². The van der Waals surface area contributed by atoms with E-state index in [4.69, 9.17) is 18.5 Å². The summed E-state index contributed by atoms with van der Waals surface area (Å²) in [6.45, 7) is -0.248. The summed E-state index contributed by atoms with van der Waals surface area (Å²) < 4.78 is 42.3. The number of carbonyl (C=O) groups is 2. The number of unbranched alkanes of at least 4 members (excludes halogenated alkanes) is 14. The number of hydrogen-bond acceptors (Lipinski definition) is 7. The van der Waals surface area contributed by atoms with E-state index >= 15 is 0 Å². The molecule has 0 aliphatic carbocycles. The highest BCUT2D eigenvalue weighted by atomic mass is 127. The van der Waals surface area contributed by atoms with Crippen molar-refractivity contribution in [2.75, 3.05) is 47.5 Å². The summed E-state index contributed by atoms with van der Waals surface area (Å²) in [5, 5.41) is 0. The van der Waals surface area contributed by atoms with Gasteiger partial charge in [0.2, 0.25) is 0 Å². The first-order valence-corrected chi connectivity index (χ1v) is 29.8. The number of halogens is 6. The molecule has 2 rings (SSSR count). The molecule has 0 heterocycles. The number of ether oxygens (including phenoxy) is 2. The third-order valence-electron chi connectivity index (χ3n) is 9.88. The number of quaternary nitrogens is 1. The third kappa shape index (κ3) is 29.9. The molecular formula is C46H67I6NO8P+. The zero-order valence-corrected chi connectivity index (χ0v) is 50.5. The van der Waals surface area contributed by atoms with Crippen molar-refractivity contribution in [2.24, 2.45) is 0 Å². The second-order valence-electron chi connectivity index (χ2n) is 16.5. The van der Waals surface area contributed by atoms with Crippen molar-refractivity contribution >= 4 is 155 Å². The average molecular weight is 1550 g/mol. The molecule has 0 bridgehead atoms. The summed E-state index contributed by atoms with van der Waals surface area (Å²) in [5.41, 5.74) is 2.96. The first-order chi connectivity index (χ1) is 29.5. The lowest BCUT2D eigenvalue weighted by Gasteiger charge is -2.24. The Bertz CT molecular complexity index is 1690. The van der Waals surface area contributed by atoms with Crippen LogP contribution in [0.25, 0.3) is 0 Å². The molecule has 0 spiro atoms. The van der Waals surface area contributed by atoms with E-state index in [9.17, 15) is 19.0 Å². The number of phosphoric acid groups is 1. The Morgan fingerprint density at radius 2 is 1.00 bits per heavy atom. The minimum absolute atomic E-state index is 0.00904. The van der Waals surface area contributed by atoms with E-state index in [-0.39, 0.29) is 26.1 Å².